The van der Waals surface area contributed by atoms with E-state index < -0.39 is 6.10 Å². The Kier molecular flexibility index (Phi) is 4.35. The van der Waals surface area contributed by atoms with Crippen LogP contribution in [0, 0.1) is 5.92 Å². The number of hydrogen-bond donors (Lipinski definition) is 2. The van der Waals surface area contributed by atoms with E-state index >= 15 is 0 Å². The molecule has 0 spiro atoms. The number of hydrazone groups is 1. The number of nitrogens with zero attached hydrogens (tertiary/aromatic N) is 2. The minimum atomic E-state index is -0.419. The van der Waals surface area contributed by atoms with Crippen molar-refractivity contribution in [1.82, 2.24) is 5.01 Å². The summed E-state index contributed by atoms with van der Waals surface area (Å²) in [5.74, 6) is -0.113. The molecule has 1 amide bonds. The molecular weight excluding hydrogens is 230 g/mol. The molecule has 1 heterocycles. The fourth-order valence-corrected chi connectivity index (χ4v) is 2.94. The maximum Gasteiger partial charge on any atom is 0.251 e. The lowest BCUT2D eigenvalue weighted by Gasteiger charge is -2.23. The number of hydrogen-bond acceptors (Lipinski definition) is 4. The van der Waals surface area contributed by atoms with Gasteiger partial charge < -0.3 is 10.8 Å². The summed E-state index contributed by atoms with van der Waals surface area (Å²) in [5.41, 5.74) is 6.53. The number of aliphatic hydroxyl groups is 1. The molecule has 1 fully saturated rings. The van der Waals surface area contributed by atoms with E-state index in [4.69, 9.17) is 5.73 Å². The summed E-state index contributed by atoms with van der Waals surface area (Å²) in [5, 5.41) is 15.9. The van der Waals surface area contributed by atoms with Crippen LogP contribution in [0.3, 0.4) is 0 Å². The van der Waals surface area contributed by atoms with Crippen molar-refractivity contribution in [2.75, 3.05) is 6.54 Å². The normalized spacial score (nSPS) is 32.2. The number of amides is 1. The number of rotatable bonds is 5. The van der Waals surface area contributed by atoms with Gasteiger partial charge in [-0.1, -0.05) is 13.3 Å². The van der Waals surface area contributed by atoms with Crippen LogP contribution in [0.1, 0.15) is 45.4 Å². The first kappa shape index (κ1) is 13.5. The quantitative estimate of drug-likeness (QED) is 0.763. The largest absolute Gasteiger partial charge is 0.391 e. The van der Waals surface area contributed by atoms with Crippen LogP contribution >= 0.6 is 0 Å². The number of carbonyl (C=O) groups is 1. The fraction of sp³-hybridized carbons (Fsp3) is 0.846. The molecule has 3 atom stereocenters. The third-order valence-electron chi connectivity index (χ3n) is 3.88. The van der Waals surface area contributed by atoms with Crippen molar-refractivity contribution in [3.05, 3.63) is 0 Å². The first-order chi connectivity index (χ1) is 8.69. The Morgan fingerprint density at radius 2 is 2.28 bits per heavy atom. The van der Waals surface area contributed by atoms with Gasteiger partial charge in [0.1, 0.15) is 0 Å². The highest BCUT2D eigenvalue weighted by molar-refractivity contribution is 6.08. The Labute approximate surface area is 108 Å². The lowest BCUT2D eigenvalue weighted by Crippen LogP contribution is -2.40. The number of aliphatic hydroxyl groups excluding tert-OH is 1. The highest BCUT2D eigenvalue weighted by Crippen LogP contribution is 2.31. The Hall–Kier alpha value is -0.940. The average molecular weight is 253 g/mol. The molecule has 1 aliphatic heterocycles. The van der Waals surface area contributed by atoms with Crippen LogP contribution in [-0.2, 0) is 4.79 Å². The second-order valence-corrected chi connectivity index (χ2v) is 5.22. The minimum Gasteiger partial charge on any atom is -0.391 e. The zero-order chi connectivity index (χ0) is 13.1. The predicted octanol–water partition coefficient (Wildman–Crippen LogP) is 0.863. The molecule has 5 heteroatoms. The average Bonchev–Trinajstić information content (AvgIpc) is 2.88. The smallest absolute Gasteiger partial charge is 0.251 e. The summed E-state index contributed by atoms with van der Waals surface area (Å²) in [6, 6.07) is -0.118. The molecule has 0 radical (unpaired) electrons. The number of nitrogens with two attached hydrogens (primary N) is 1. The van der Waals surface area contributed by atoms with Gasteiger partial charge in [-0.25, -0.2) is 5.01 Å². The molecule has 2 rings (SSSR count). The summed E-state index contributed by atoms with van der Waals surface area (Å²) in [6.07, 6.45) is 4.66. The van der Waals surface area contributed by atoms with Crippen molar-refractivity contribution >= 4 is 11.6 Å². The van der Waals surface area contributed by atoms with Crippen molar-refractivity contribution in [1.29, 1.82) is 0 Å². The molecule has 0 aromatic rings. The van der Waals surface area contributed by atoms with Crippen molar-refractivity contribution in [3.8, 4) is 0 Å². The molecule has 2 aliphatic rings. The SMILES string of the molecule is CCCC1=NN(C2CCCC2O)C(=O)C1CCN. The third kappa shape index (κ3) is 2.42. The van der Waals surface area contributed by atoms with Crippen molar-refractivity contribution in [2.45, 2.75) is 57.6 Å². The molecule has 0 aromatic heterocycles. The first-order valence-electron chi connectivity index (χ1n) is 6.97. The van der Waals surface area contributed by atoms with Crippen LogP contribution in [0.2, 0.25) is 0 Å². The van der Waals surface area contributed by atoms with Crippen LogP contribution in [-0.4, -0.2) is 40.4 Å². The van der Waals surface area contributed by atoms with Gasteiger partial charge in [0.25, 0.3) is 5.91 Å². The van der Waals surface area contributed by atoms with Crippen LogP contribution in [0.15, 0.2) is 5.10 Å². The predicted molar refractivity (Wildman–Crippen MR) is 70.0 cm³/mol. The van der Waals surface area contributed by atoms with E-state index in [1.54, 1.807) is 5.01 Å². The van der Waals surface area contributed by atoms with Crippen LogP contribution in [0.4, 0.5) is 0 Å². The Morgan fingerprint density at radius 1 is 1.50 bits per heavy atom. The molecule has 0 saturated heterocycles. The van der Waals surface area contributed by atoms with Crippen LogP contribution in [0.25, 0.3) is 0 Å². The standard InChI is InChI=1S/C13H23N3O2/c1-2-4-10-9(7-8-14)13(18)16(15-10)11-5-3-6-12(11)17/h9,11-12,17H,2-8,14H2,1H3. The summed E-state index contributed by atoms with van der Waals surface area (Å²) < 4.78 is 0. The summed E-state index contributed by atoms with van der Waals surface area (Å²) in [6.45, 7) is 2.58. The zero-order valence-corrected chi connectivity index (χ0v) is 11.0. The third-order valence-corrected chi connectivity index (χ3v) is 3.88. The Balaban J connectivity index is 2.14. The fourth-order valence-electron chi connectivity index (χ4n) is 2.94. The van der Waals surface area contributed by atoms with Gasteiger partial charge in [0.05, 0.1) is 23.8 Å². The van der Waals surface area contributed by atoms with E-state index in [-0.39, 0.29) is 17.9 Å². The highest BCUT2D eigenvalue weighted by atomic mass is 16.3. The molecule has 0 aromatic carbocycles. The monoisotopic (exact) mass is 253 g/mol. The molecule has 0 bridgehead atoms. The van der Waals surface area contributed by atoms with Gasteiger partial charge in [-0.2, -0.15) is 5.10 Å². The minimum absolute atomic E-state index is 0.0369. The second kappa shape index (κ2) is 5.80. The zero-order valence-electron chi connectivity index (χ0n) is 11.0. The molecule has 1 aliphatic carbocycles. The topological polar surface area (TPSA) is 78.9 Å². The Bertz CT molecular complexity index is 343. The first-order valence-corrected chi connectivity index (χ1v) is 6.97. The molecule has 3 unspecified atom stereocenters. The van der Waals surface area contributed by atoms with Crippen molar-refractivity contribution in [2.24, 2.45) is 16.8 Å². The lowest BCUT2D eigenvalue weighted by atomic mass is 9.96. The van der Waals surface area contributed by atoms with E-state index in [0.717, 1.165) is 37.8 Å². The van der Waals surface area contributed by atoms with Gasteiger partial charge in [0.15, 0.2) is 0 Å². The van der Waals surface area contributed by atoms with E-state index in [0.29, 0.717) is 13.0 Å². The molecule has 3 N–H and O–H groups in total. The van der Waals surface area contributed by atoms with E-state index in [2.05, 4.69) is 12.0 Å². The van der Waals surface area contributed by atoms with Gasteiger partial charge in [0, 0.05) is 0 Å². The van der Waals surface area contributed by atoms with E-state index in [9.17, 15) is 9.90 Å². The molecule has 1 saturated carbocycles. The van der Waals surface area contributed by atoms with E-state index in [1.807, 2.05) is 0 Å². The summed E-state index contributed by atoms with van der Waals surface area (Å²) >= 11 is 0. The van der Waals surface area contributed by atoms with Gasteiger partial charge in [-0.3, -0.25) is 4.79 Å². The van der Waals surface area contributed by atoms with Gasteiger partial charge in [-0.05, 0) is 38.6 Å². The van der Waals surface area contributed by atoms with Crippen LogP contribution < -0.4 is 5.73 Å². The van der Waals surface area contributed by atoms with Crippen molar-refractivity contribution in [3.63, 3.8) is 0 Å². The summed E-state index contributed by atoms with van der Waals surface area (Å²) in [7, 11) is 0. The maximum atomic E-state index is 12.4. The van der Waals surface area contributed by atoms with Gasteiger partial charge >= 0.3 is 0 Å². The molecular formula is C13H23N3O2. The molecule has 18 heavy (non-hydrogen) atoms. The lowest BCUT2D eigenvalue weighted by molar-refractivity contribution is -0.135. The molecule has 102 valence electrons. The van der Waals surface area contributed by atoms with Gasteiger partial charge in [0.2, 0.25) is 0 Å². The van der Waals surface area contributed by atoms with E-state index in [1.165, 1.54) is 0 Å². The summed E-state index contributed by atoms with van der Waals surface area (Å²) in [4.78, 5) is 12.4. The second-order valence-electron chi connectivity index (χ2n) is 5.22. The molecule has 5 nitrogen and oxygen atoms in total. The maximum absolute atomic E-state index is 12.4. The van der Waals surface area contributed by atoms with Crippen molar-refractivity contribution < 1.29 is 9.90 Å². The Morgan fingerprint density at radius 3 is 2.83 bits per heavy atom. The van der Waals surface area contributed by atoms with Gasteiger partial charge in [-0.15, -0.1) is 0 Å². The van der Waals surface area contributed by atoms with Crippen LogP contribution in [0.5, 0.6) is 0 Å². The number of carbonyl (C=O) groups excluding carboxylic acids is 1. The highest BCUT2D eigenvalue weighted by Gasteiger charge is 2.41.